The molecule has 5 heteroatoms. The first kappa shape index (κ1) is 15.6. The largest absolute Gasteiger partial charge is 0.507 e. The van der Waals surface area contributed by atoms with Crippen LogP contribution in [0.15, 0.2) is 47.6 Å². The first-order chi connectivity index (χ1) is 10.5. The predicted molar refractivity (Wildman–Crippen MR) is 85.3 cm³/mol. The number of hydrogen-bond donors (Lipinski definition) is 2. The lowest BCUT2D eigenvalue weighted by Gasteiger charge is -2.05. The molecule has 114 valence electrons. The summed E-state index contributed by atoms with van der Waals surface area (Å²) in [4.78, 5) is 11.6. The highest BCUT2D eigenvalue weighted by Gasteiger charge is 2.02. The van der Waals surface area contributed by atoms with E-state index in [0.717, 1.165) is 11.1 Å². The van der Waals surface area contributed by atoms with Gasteiger partial charge in [0.25, 0.3) is 5.91 Å². The van der Waals surface area contributed by atoms with Crippen molar-refractivity contribution in [3.63, 3.8) is 0 Å². The second-order valence-corrected chi connectivity index (χ2v) is 4.96. The van der Waals surface area contributed by atoms with Gasteiger partial charge in [-0.2, -0.15) is 5.10 Å². The van der Waals surface area contributed by atoms with Crippen LogP contribution in [0.3, 0.4) is 0 Å². The molecule has 0 atom stereocenters. The molecule has 2 N–H and O–H groups in total. The van der Waals surface area contributed by atoms with Crippen molar-refractivity contribution < 1.29 is 14.6 Å². The van der Waals surface area contributed by atoms with Crippen molar-refractivity contribution in [3.8, 4) is 11.5 Å². The SMILES string of the molecule is Cc1cccc(OCC(=O)N/N=C\c2cc(C)ccc2O)c1. The molecule has 0 aliphatic heterocycles. The smallest absolute Gasteiger partial charge is 0.277 e. The summed E-state index contributed by atoms with van der Waals surface area (Å²) in [6.07, 6.45) is 1.40. The molecule has 2 aromatic carbocycles. The number of aryl methyl sites for hydroxylation is 2. The number of benzene rings is 2. The van der Waals surface area contributed by atoms with Crippen LogP contribution in [0, 0.1) is 13.8 Å². The standard InChI is InChI=1S/C17H18N2O3/c1-12-4-3-5-15(9-12)22-11-17(21)19-18-10-14-8-13(2)6-7-16(14)20/h3-10,20H,11H2,1-2H3,(H,19,21)/b18-10-. The quantitative estimate of drug-likeness (QED) is 0.658. The maximum absolute atomic E-state index is 11.6. The molecule has 0 aromatic heterocycles. The average Bonchev–Trinajstić information content (AvgIpc) is 2.49. The summed E-state index contributed by atoms with van der Waals surface area (Å²) in [6.45, 7) is 3.73. The molecule has 0 radical (unpaired) electrons. The van der Waals surface area contributed by atoms with Crippen molar-refractivity contribution in [1.29, 1.82) is 0 Å². The molecule has 5 nitrogen and oxygen atoms in total. The van der Waals surface area contributed by atoms with Crippen LogP contribution in [-0.4, -0.2) is 23.8 Å². The maximum atomic E-state index is 11.6. The number of hydrazone groups is 1. The number of hydrogen-bond acceptors (Lipinski definition) is 4. The van der Waals surface area contributed by atoms with Crippen molar-refractivity contribution in [2.45, 2.75) is 13.8 Å². The second-order valence-electron chi connectivity index (χ2n) is 4.96. The molecule has 0 unspecified atom stereocenters. The van der Waals surface area contributed by atoms with Crippen LogP contribution in [-0.2, 0) is 4.79 Å². The molecule has 22 heavy (non-hydrogen) atoms. The van der Waals surface area contributed by atoms with Gasteiger partial charge in [-0.3, -0.25) is 4.79 Å². The van der Waals surface area contributed by atoms with Crippen molar-refractivity contribution in [3.05, 3.63) is 59.2 Å². The topological polar surface area (TPSA) is 70.9 Å². The molecular weight excluding hydrogens is 280 g/mol. The summed E-state index contributed by atoms with van der Waals surface area (Å²) >= 11 is 0. The molecule has 0 saturated carbocycles. The fourth-order valence-corrected chi connectivity index (χ4v) is 1.84. The lowest BCUT2D eigenvalue weighted by molar-refractivity contribution is -0.123. The summed E-state index contributed by atoms with van der Waals surface area (Å²) in [5.41, 5.74) is 4.95. The summed E-state index contributed by atoms with van der Waals surface area (Å²) in [6, 6.07) is 12.6. The Kier molecular flexibility index (Phi) is 5.14. The Hall–Kier alpha value is -2.82. The number of nitrogens with one attached hydrogen (secondary N) is 1. The van der Waals surface area contributed by atoms with Crippen LogP contribution in [0.2, 0.25) is 0 Å². The van der Waals surface area contributed by atoms with Crippen LogP contribution in [0.1, 0.15) is 16.7 Å². The van der Waals surface area contributed by atoms with E-state index >= 15 is 0 Å². The lowest BCUT2D eigenvalue weighted by Crippen LogP contribution is -2.24. The van der Waals surface area contributed by atoms with Crippen LogP contribution >= 0.6 is 0 Å². The third-order valence-electron chi connectivity index (χ3n) is 2.94. The Morgan fingerprint density at radius 1 is 1.23 bits per heavy atom. The number of rotatable bonds is 5. The third kappa shape index (κ3) is 4.63. The van der Waals surface area contributed by atoms with E-state index in [4.69, 9.17) is 4.74 Å². The normalized spacial score (nSPS) is 10.6. The first-order valence-electron chi connectivity index (χ1n) is 6.85. The van der Waals surface area contributed by atoms with E-state index in [1.165, 1.54) is 6.21 Å². The maximum Gasteiger partial charge on any atom is 0.277 e. The molecular formula is C17H18N2O3. The Morgan fingerprint density at radius 3 is 2.77 bits per heavy atom. The fraction of sp³-hybridized carbons (Fsp3) is 0.176. The van der Waals surface area contributed by atoms with Crippen LogP contribution in [0.25, 0.3) is 0 Å². The Morgan fingerprint density at radius 2 is 2.00 bits per heavy atom. The van der Waals surface area contributed by atoms with E-state index in [-0.39, 0.29) is 18.3 Å². The van der Waals surface area contributed by atoms with Crippen LogP contribution in [0.5, 0.6) is 11.5 Å². The molecule has 0 spiro atoms. The van der Waals surface area contributed by atoms with Gasteiger partial charge in [-0.1, -0.05) is 23.8 Å². The third-order valence-corrected chi connectivity index (χ3v) is 2.94. The summed E-state index contributed by atoms with van der Waals surface area (Å²) in [7, 11) is 0. The van der Waals surface area contributed by atoms with Crippen molar-refractivity contribution >= 4 is 12.1 Å². The number of phenolic OH excluding ortho intramolecular Hbond substituents is 1. The number of carbonyl (C=O) groups is 1. The van der Waals surface area contributed by atoms with E-state index in [2.05, 4.69) is 10.5 Å². The van der Waals surface area contributed by atoms with E-state index in [9.17, 15) is 9.90 Å². The van der Waals surface area contributed by atoms with Gasteiger partial charge in [0.1, 0.15) is 11.5 Å². The first-order valence-corrected chi connectivity index (χ1v) is 6.85. The lowest BCUT2D eigenvalue weighted by atomic mass is 10.1. The van der Waals surface area contributed by atoms with Gasteiger partial charge in [0, 0.05) is 5.56 Å². The van der Waals surface area contributed by atoms with Gasteiger partial charge in [-0.05, 0) is 43.7 Å². The Balaban J connectivity index is 1.85. The number of nitrogens with zero attached hydrogens (tertiary/aromatic N) is 1. The zero-order chi connectivity index (χ0) is 15.9. The number of ether oxygens (including phenoxy) is 1. The summed E-state index contributed by atoms with van der Waals surface area (Å²) < 4.78 is 5.36. The fourth-order valence-electron chi connectivity index (χ4n) is 1.84. The molecule has 2 rings (SSSR count). The molecule has 0 bridgehead atoms. The van der Waals surface area contributed by atoms with Gasteiger partial charge < -0.3 is 9.84 Å². The average molecular weight is 298 g/mol. The molecule has 0 heterocycles. The van der Waals surface area contributed by atoms with Gasteiger partial charge in [-0.25, -0.2) is 5.43 Å². The van der Waals surface area contributed by atoms with Crippen molar-refractivity contribution in [2.24, 2.45) is 5.10 Å². The van der Waals surface area contributed by atoms with Crippen molar-refractivity contribution in [2.75, 3.05) is 6.61 Å². The highest BCUT2D eigenvalue weighted by molar-refractivity contribution is 5.85. The molecule has 0 aliphatic rings. The Bertz CT molecular complexity index is 696. The van der Waals surface area contributed by atoms with Gasteiger partial charge in [0.05, 0.1) is 6.21 Å². The Labute approximate surface area is 129 Å². The molecule has 2 aromatic rings. The van der Waals surface area contributed by atoms with Gasteiger partial charge in [-0.15, -0.1) is 0 Å². The highest BCUT2D eigenvalue weighted by atomic mass is 16.5. The van der Waals surface area contributed by atoms with Gasteiger partial charge >= 0.3 is 0 Å². The molecule has 0 aliphatic carbocycles. The zero-order valence-corrected chi connectivity index (χ0v) is 12.5. The van der Waals surface area contributed by atoms with E-state index < -0.39 is 0 Å². The van der Waals surface area contributed by atoms with E-state index in [1.807, 2.05) is 32.0 Å². The van der Waals surface area contributed by atoms with Crippen molar-refractivity contribution in [1.82, 2.24) is 5.43 Å². The van der Waals surface area contributed by atoms with E-state index in [1.54, 1.807) is 24.3 Å². The predicted octanol–water partition coefficient (Wildman–Crippen LogP) is 2.54. The number of carbonyl (C=O) groups excluding carboxylic acids is 1. The highest BCUT2D eigenvalue weighted by Crippen LogP contribution is 2.15. The van der Waals surface area contributed by atoms with Gasteiger partial charge in [0.15, 0.2) is 6.61 Å². The van der Waals surface area contributed by atoms with Gasteiger partial charge in [0.2, 0.25) is 0 Å². The molecule has 1 amide bonds. The second kappa shape index (κ2) is 7.26. The minimum absolute atomic E-state index is 0.111. The van der Waals surface area contributed by atoms with E-state index in [0.29, 0.717) is 11.3 Å². The monoisotopic (exact) mass is 298 g/mol. The minimum atomic E-state index is -0.370. The number of phenols is 1. The summed E-state index contributed by atoms with van der Waals surface area (Å²) in [5, 5.41) is 13.5. The minimum Gasteiger partial charge on any atom is -0.507 e. The summed E-state index contributed by atoms with van der Waals surface area (Å²) in [5.74, 6) is 0.375. The number of amides is 1. The zero-order valence-electron chi connectivity index (χ0n) is 12.5. The van der Waals surface area contributed by atoms with Crippen LogP contribution in [0.4, 0.5) is 0 Å². The molecule has 0 fully saturated rings. The molecule has 0 saturated heterocycles. The van der Waals surface area contributed by atoms with Crippen LogP contribution < -0.4 is 10.2 Å². The number of aromatic hydroxyl groups is 1.